The first-order chi connectivity index (χ1) is 5.61. The minimum atomic E-state index is -3.27. The lowest BCUT2D eigenvalue weighted by atomic mass is 10.2. The lowest BCUT2D eigenvalue weighted by molar-refractivity contribution is -0.117. The molecular weight excluding hydrogens is 198 g/mol. The van der Waals surface area contributed by atoms with E-state index in [2.05, 4.69) is 4.72 Å². The van der Waals surface area contributed by atoms with Crippen molar-refractivity contribution >= 4 is 27.6 Å². The first-order valence-electron chi connectivity index (χ1n) is 3.44. The Morgan fingerprint density at radius 2 is 2.33 bits per heavy atom. The quantitative estimate of drug-likeness (QED) is 0.578. The third kappa shape index (κ3) is 1.10. The molecular formula is C6H7NO3S2. The summed E-state index contributed by atoms with van der Waals surface area (Å²) >= 11 is 1.29. The van der Waals surface area contributed by atoms with Crippen molar-refractivity contribution in [2.45, 2.75) is 10.5 Å². The molecule has 0 aromatic rings. The highest BCUT2D eigenvalue weighted by Gasteiger charge is 2.42. The summed E-state index contributed by atoms with van der Waals surface area (Å²) in [6.45, 7) is -0.0574. The first kappa shape index (κ1) is 8.28. The fourth-order valence-electron chi connectivity index (χ4n) is 1.28. The smallest absolute Gasteiger partial charge is 0.220 e. The number of ketones is 1. The fraction of sp³-hybridized carbons (Fsp3) is 0.500. The molecule has 0 aromatic carbocycles. The van der Waals surface area contributed by atoms with Crippen molar-refractivity contribution in [3.05, 3.63) is 11.5 Å². The van der Waals surface area contributed by atoms with E-state index < -0.39 is 20.5 Å². The summed E-state index contributed by atoms with van der Waals surface area (Å²) in [5.41, 5.74) is 0. The van der Waals surface area contributed by atoms with Gasteiger partial charge in [0.05, 0.1) is 11.8 Å². The third-order valence-corrected chi connectivity index (χ3v) is 4.94. The molecule has 0 spiro atoms. The Morgan fingerprint density at radius 1 is 1.58 bits per heavy atom. The number of hydrogen-bond donors (Lipinski definition) is 1. The van der Waals surface area contributed by atoms with Crippen LogP contribution in [0.4, 0.5) is 0 Å². The Hall–Kier alpha value is -0.330. The Morgan fingerprint density at radius 3 is 3.00 bits per heavy atom. The van der Waals surface area contributed by atoms with Crippen molar-refractivity contribution < 1.29 is 13.2 Å². The zero-order valence-corrected chi connectivity index (χ0v) is 7.69. The largest absolute Gasteiger partial charge is 0.297 e. The zero-order chi connectivity index (χ0) is 8.77. The van der Waals surface area contributed by atoms with Crippen molar-refractivity contribution in [3.8, 4) is 0 Å². The molecule has 66 valence electrons. The first-order valence-corrected chi connectivity index (χ1v) is 5.93. The molecule has 0 bridgehead atoms. The van der Waals surface area contributed by atoms with Crippen LogP contribution >= 0.6 is 11.8 Å². The van der Waals surface area contributed by atoms with Crippen molar-refractivity contribution in [2.75, 3.05) is 6.54 Å². The van der Waals surface area contributed by atoms with E-state index in [-0.39, 0.29) is 12.3 Å². The predicted octanol–water partition coefficient (Wildman–Crippen LogP) is -0.514. The van der Waals surface area contributed by atoms with Gasteiger partial charge >= 0.3 is 0 Å². The van der Waals surface area contributed by atoms with Crippen molar-refractivity contribution in [1.29, 1.82) is 0 Å². The number of fused-ring (bicyclic) bond motifs is 1. The average molecular weight is 205 g/mol. The van der Waals surface area contributed by atoms with Gasteiger partial charge in [-0.25, -0.2) is 13.1 Å². The van der Waals surface area contributed by atoms with Crippen LogP contribution in [0.2, 0.25) is 0 Å². The Balaban J connectivity index is 2.39. The van der Waals surface area contributed by atoms with Gasteiger partial charge in [0.2, 0.25) is 10.0 Å². The van der Waals surface area contributed by atoms with Gasteiger partial charge in [0.1, 0.15) is 5.25 Å². The molecule has 1 saturated heterocycles. The van der Waals surface area contributed by atoms with E-state index in [1.54, 1.807) is 11.5 Å². The molecule has 12 heavy (non-hydrogen) atoms. The van der Waals surface area contributed by atoms with E-state index in [9.17, 15) is 13.2 Å². The number of carbonyl (C=O) groups excluding carboxylic acids is 1. The van der Waals surface area contributed by atoms with Crippen LogP contribution in [0.25, 0.3) is 0 Å². The summed E-state index contributed by atoms with van der Waals surface area (Å²) in [6, 6.07) is 0. The minimum Gasteiger partial charge on any atom is -0.297 e. The average Bonchev–Trinajstić information content (AvgIpc) is 2.46. The fourth-order valence-corrected chi connectivity index (χ4v) is 4.22. The number of Topliss-reactive ketones (excluding diaryl/α,β-unsaturated/α-hetero) is 1. The van der Waals surface area contributed by atoms with Crippen molar-refractivity contribution in [3.63, 3.8) is 0 Å². The number of nitrogens with one attached hydrogen (secondary N) is 1. The summed E-state index contributed by atoms with van der Waals surface area (Å²) in [4.78, 5) is 11.2. The molecule has 0 saturated carbocycles. The summed E-state index contributed by atoms with van der Waals surface area (Å²) in [5.74, 6) is -0.0372. The molecule has 6 heteroatoms. The maximum absolute atomic E-state index is 11.3. The van der Waals surface area contributed by atoms with Crippen LogP contribution in [0.3, 0.4) is 0 Å². The van der Waals surface area contributed by atoms with Gasteiger partial charge in [-0.1, -0.05) is 6.08 Å². The zero-order valence-electron chi connectivity index (χ0n) is 6.06. The Bertz CT molecular complexity index is 346. The van der Waals surface area contributed by atoms with E-state index in [0.29, 0.717) is 0 Å². The molecule has 0 aliphatic carbocycles. The lowest BCUT2D eigenvalue weighted by Gasteiger charge is -2.23. The van der Waals surface area contributed by atoms with Crippen LogP contribution in [0.1, 0.15) is 0 Å². The molecule has 0 aromatic heterocycles. The number of carbonyl (C=O) groups is 1. The molecule has 1 N–H and O–H groups in total. The van der Waals surface area contributed by atoms with E-state index in [4.69, 9.17) is 0 Å². The van der Waals surface area contributed by atoms with Crippen molar-refractivity contribution in [1.82, 2.24) is 4.72 Å². The molecule has 0 unspecified atom stereocenters. The molecule has 2 aliphatic rings. The van der Waals surface area contributed by atoms with Crippen LogP contribution in [0.15, 0.2) is 11.5 Å². The highest BCUT2D eigenvalue weighted by atomic mass is 32.2. The topological polar surface area (TPSA) is 63.2 Å². The van der Waals surface area contributed by atoms with Crippen LogP contribution < -0.4 is 4.72 Å². The van der Waals surface area contributed by atoms with Crippen LogP contribution in [0, 0.1) is 0 Å². The Labute approximate surface area is 74.5 Å². The molecule has 4 nitrogen and oxygen atoms in total. The summed E-state index contributed by atoms with van der Waals surface area (Å²) in [7, 11) is -3.27. The Kier molecular flexibility index (Phi) is 1.78. The molecule has 0 amide bonds. The number of thioether (sulfide) groups is 1. The van der Waals surface area contributed by atoms with E-state index >= 15 is 0 Å². The highest BCUT2D eigenvalue weighted by Crippen LogP contribution is 2.31. The van der Waals surface area contributed by atoms with Gasteiger partial charge in [-0.2, -0.15) is 0 Å². The maximum Gasteiger partial charge on any atom is 0.220 e. The van der Waals surface area contributed by atoms with E-state index in [0.717, 1.165) is 0 Å². The molecule has 2 heterocycles. The van der Waals surface area contributed by atoms with Gasteiger partial charge in [-0.05, 0) is 5.41 Å². The van der Waals surface area contributed by atoms with Gasteiger partial charge in [0, 0.05) is 0 Å². The molecule has 1 fully saturated rings. The summed E-state index contributed by atoms with van der Waals surface area (Å²) < 4.78 is 24.8. The lowest BCUT2D eigenvalue weighted by Crippen LogP contribution is -2.50. The van der Waals surface area contributed by atoms with Gasteiger partial charge in [-0.3, -0.25) is 4.79 Å². The standard InChI is InChI=1S/C6H7NO3S2/c8-4-3-7-12(9,10)5-1-2-11-6(4)5/h1-2,5-7H,3H2/t5-,6+/m1/s1. The molecule has 2 aliphatic heterocycles. The summed E-state index contributed by atoms with van der Waals surface area (Å²) in [6.07, 6.45) is 1.56. The predicted molar refractivity (Wildman–Crippen MR) is 46.2 cm³/mol. The highest BCUT2D eigenvalue weighted by molar-refractivity contribution is 8.05. The van der Waals surface area contributed by atoms with Crippen LogP contribution in [-0.2, 0) is 14.8 Å². The van der Waals surface area contributed by atoms with Gasteiger partial charge in [0.25, 0.3) is 0 Å². The van der Waals surface area contributed by atoms with Gasteiger partial charge in [0.15, 0.2) is 5.78 Å². The molecule has 2 atom stereocenters. The second-order valence-corrected chi connectivity index (χ2v) is 5.66. The molecule has 2 rings (SSSR count). The second kappa shape index (κ2) is 2.58. The van der Waals surface area contributed by atoms with Gasteiger partial charge < -0.3 is 0 Å². The second-order valence-electron chi connectivity index (χ2n) is 2.68. The normalized spacial score (nSPS) is 38.2. The van der Waals surface area contributed by atoms with Gasteiger partial charge in [-0.15, -0.1) is 11.8 Å². The van der Waals surface area contributed by atoms with Crippen molar-refractivity contribution in [2.24, 2.45) is 0 Å². The van der Waals surface area contributed by atoms with Crippen LogP contribution in [-0.4, -0.2) is 31.2 Å². The SMILES string of the molecule is O=C1CNS(=O)(=O)[C@@H]2C=CS[C@@H]12. The van der Waals surface area contributed by atoms with E-state index in [1.165, 1.54) is 11.8 Å². The number of sulfonamides is 1. The molecule has 0 radical (unpaired) electrons. The minimum absolute atomic E-state index is 0.0372. The monoisotopic (exact) mass is 205 g/mol. The summed E-state index contributed by atoms with van der Waals surface area (Å²) in [5, 5.41) is 0.623. The van der Waals surface area contributed by atoms with E-state index in [1.807, 2.05) is 0 Å². The maximum atomic E-state index is 11.3. The number of hydrogen-bond acceptors (Lipinski definition) is 4. The number of rotatable bonds is 0. The third-order valence-electron chi connectivity index (χ3n) is 1.92. The van der Waals surface area contributed by atoms with Crippen LogP contribution in [0.5, 0.6) is 0 Å².